The molecule has 5 nitrogen and oxygen atoms in total. The first-order valence-corrected chi connectivity index (χ1v) is 7.28. The molecule has 0 aliphatic rings. The van der Waals surface area contributed by atoms with Gasteiger partial charge >= 0.3 is 5.51 Å². The predicted molar refractivity (Wildman–Crippen MR) is 62.7 cm³/mol. The third kappa shape index (κ3) is 5.06. The summed E-state index contributed by atoms with van der Waals surface area (Å²) in [6.45, 7) is -0.397. The van der Waals surface area contributed by atoms with Crippen molar-refractivity contribution in [2.45, 2.75) is 10.4 Å². The van der Waals surface area contributed by atoms with Gasteiger partial charge in [-0.05, 0) is 23.9 Å². The molecule has 0 aliphatic carbocycles. The van der Waals surface area contributed by atoms with Gasteiger partial charge in [-0.1, -0.05) is 0 Å². The molecule has 1 rings (SSSR count). The van der Waals surface area contributed by atoms with Crippen LogP contribution in [0.5, 0.6) is 0 Å². The number of nitriles is 1. The van der Waals surface area contributed by atoms with Crippen molar-refractivity contribution >= 4 is 21.8 Å². The molecule has 0 amide bonds. The summed E-state index contributed by atoms with van der Waals surface area (Å²) in [5, 5.41) is 8.70. The van der Waals surface area contributed by atoms with E-state index in [1.807, 2.05) is 4.72 Å². The molecule has 1 N–H and O–H groups in total. The number of thioether (sulfide) groups is 1. The molecule has 1 aromatic rings. The van der Waals surface area contributed by atoms with Crippen LogP contribution in [-0.4, -0.2) is 31.2 Å². The second kappa shape index (κ2) is 6.23. The van der Waals surface area contributed by atoms with Gasteiger partial charge in [0.1, 0.15) is 11.0 Å². The highest BCUT2D eigenvalue weighted by molar-refractivity contribution is 8.00. The number of nitrogens with zero attached hydrogens (tertiary/aromatic N) is 2. The van der Waals surface area contributed by atoms with Crippen LogP contribution in [0.15, 0.2) is 23.2 Å². The summed E-state index contributed by atoms with van der Waals surface area (Å²) in [6, 6.07) is 4.08. The van der Waals surface area contributed by atoms with Crippen molar-refractivity contribution in [3.63, 3.8) is 0 Å². The molecule has 19 heavy (non-hydrogen) atoms. The summed E-state index contributed by atoms with van der Waals surface area (Å²) >= 11 is -0.328. The molecule has 1 aromatic heterocycles. The Labute approximate surface area is 111 Å². The van der Waals surface area contributed by atoms with Crippen molar-refractivity contribution in [2.75, 3.05) is 12.3 Å². The molecule has 10 heteroatoms. The summed E-state index contributed by atoms with van der Waals surface area (Å²) in [5.74, 6) is -0.453. The Balaban J connectivity index is 2.70. The van der Waals surface area contributed by atoms with Crippen LogP contribution in [0.3, 0.4) is 0 Å². The molecule has 1 heterocycles. The van der Waals surface area contributed by atoms with Crippen LogP contribution in [0.2, 0.25) is 0 Å². The first-order chi connectivity index (χ1) is 8.76. The molecular formula is C9H8F3N3O2S2. The minimum Gasteiger partial charge on any atom is -0.244 e. The van der Waals surface area contributed by atoms with Gasteiger partial charge in [-0.15, -0.1) is 0 Å². The van der Waals surface area contributed by atoms with Gasteiger partial charge in [0.2, 0.25) is 10.0 Å². The van der Waals surface area contributed by atoms with Crippen LogP contribution in [0.4, 0.5) is 13.2 Å². The van der Waals surface area contributed by atoms with Gasteiger partial charge in [-0.3, -0.25) is 0 Å². The number of hydrogen-bond acceptors (Lipinski definition) is 5. The number of nitrogens with one attached hydrogen (secondary N) is 1. The Morgan fingerprint density at radius 3 is 2.74 bits per heavy atom. The zero-order valence-corrected chi connectivity index (χ0v) is 10.9. The van der Waals surface area contributed by atoms with Crippen molar-refractivity contribution in [1.29, 1.82) is 5.26 Å². The fraction of sp³-hybridized carbons (Fsp3) is 0.333. The Morgan fingerprint density at radius 1 is 1.47 bits per heavy atom. The third-order valence-corrected chi connectivity index (χ3v) is 4.05. The monoisotopic (exact) mass is 311 g/mol. The maximum absolute atomic E-state index is 11.8. The first-order valence-electron chi connectivity index (χ1n) is 4.82. The van der Waals surface area contributed by atoms with Crippen molar-refractivity contribution in [2.24, 2.45) is 0 Å². The summed E-state index contributed by atoms with van der Waals surface area (Å²) in [7, 11) is -4.04. The number of pyridine rings is 1. The van der Waals surface area contributed by atoms with E-state index in [4.69, 9.17) is 5.26 Å². The topological polar surface area (TPSA) is 82.8 Å². The summed E-state index contributed by atoms with van der Waals surface area (Å²) in [4.78, 5) is 3.21. The molecule has 0 spiro atoms. The maximum Gasteiger partial charge on any atom is 0.441 e. The average molecular weight is 311 g/mol. The summed E-state index contributed by atoms with van der Waals surface area (Å²) < 4.78 is 61.0. The highest BCUT2D eigenvalue weighted by Gasteiger charge is 2.28. The quantitative estimate of drug-likeness (QED) is 0.833. The van der Waals surface area contributed by atoms with E-state index < -0.39 is 27.8 Å². The number of sulfonamides is 1. The van der Waals surface area contributed by atoms with Gasteiger partial charge < -0.3 is 0 Å². The lowest BCUT2D eigenvalue weighted by Crippen LogP contribution is -2.27. The Morgan fingerprint density at radius 2 is 2.16 bits per heavy atom. The molecule has 0 aromatic carbocycles. The molecule has 0 saturated heterocycles. The predicted octanol–water partition coefficient (Wildman–Crippen LogP) is 1.48. The maximum atomic E-state index is 11.8. The molecule has 0 aliphatic heterocycles. The van der Waals surface area contributed by atoms with Crippen molar-refractivity contribution in [1.82, 2.24) is 9.71 Å². The lowest BCUT2D eigenvalue weighted by Gasteiger charge is -2.08. The van der Waals surface area contributed by atoms with Crippen LogP contribution in [0.25, 0.3) is 0 Å². The number of alkyl halides is 3. The molecule has 0 atom stereocenters. The first kappa shape index (κ1) is 15.7. The molecule has 104 valence electrons. The Hall–Kier alpha value is -1.31. The number of halogens is 3. The van der Waals surface area contributed by atoms with Crippen LogP contribution < -0.4 is 4.72 Å². The molecule has 0 fully saturated rings. The molecule has 0 saturated carbocycles. The number of rotatable bonds is 5. The lowest BCUT2D eigenvalue weighted by atomic mass is 10.4. The number of aromatic nitrogens is 1. The van der Waals surface area contributed by atoms with E-state index in [1.54, 1.807) is 6.07 Å². The van der Waals surface area contributed by atoms with Gasteiger partial charge in [0.15, 0.2) is 5.69 Å². The van der Waals surface area contributed by atoms with Crippen molar-refractivity contribution < 1.29 is 21.6 Å². The Bertz CT molecular complexity index is 581. The zero-order chi connectivity index (χ0) is 14.5. The smallest absolute Gasteiger partial charge is 0.244 e. The van der Waals surface area contributed by atoms with Crippen LogP contribution in [0, 0.1) is 11.3 Å². The van der Waals surface area contributed by atoms with Crippen LogP contribution in [-0.2, 0) is 10.0 Å². The standard InChI is InChI=1S/C9H8F3N3O2S2/c10-9(11,12)18-5-4-15-19(16,17)8-2-1-3-14-7(8)6-13/h1-3,15H,4-5H2. The fourth-order valence-electron chi connectivity index (χ4n) is 1.11. The molecule has 0 unspecified atom stereocenters. The van der Waals surface area contributed by atoms with Gasteiger partial charge in [0.25, 0.3) is 0 Å². The zero-order valence-electron chi connectivity index (χ0n) is 9.31. The molecular weight excluding hydrogens is 303 g/mol. The van der Waals surface area contributed by atoms with E-state index in [9.17, 15) is 21.6 Å². The van der Waals surface area contributed by atoms with E-state index in [2.05, 4.69) is 4.98 Å². The van der Waals surface area contributed by atoms with E-state index >= 15 is 0 Å². The minimum absolute atomic E-state index is 0.307. The lowest BCUT2D eigenvalue weighted by molar-refractivity contribution is -0.0327. The van der Waals surface area contributed by atoms with E-state index in [0.29, 0.717) is 0 Å². The highest BCUT2D eigenvalue weighted by Crippen LogP contribution is 2.29. The fourth-order valence-corrected chi connectivity index (χ4v) is 2.81. The van der Waals surface area contributed by atoms with Crippen LogP contribution >= 0.6 is 11.8 Å². The second-order valence-corrected chi connectivity index (χ2v) is 6.05. The average Bonchev–Trinajstić information content (AvgIpc) is 2.33. The van der Waals surface area contributed by atoms with Crippen LogP contribution in [0.1, 0.15) is 5.69 Å². The van der Waals surface area contributed by atoms with Gasteiger partial charge in [0.05, 0.1) is 0 Å². The van der Waals surface area contributed by atoms with E-state index in [-0.39, 0.29) is 22.4 Å². The third-order valence-electron chi connectivity index (χ3n) is 1.83. The Kier molecular flexibility index (Phi) is 5.16. The van der Waals surface area contributed by atoms with Crippen molar-refractivity contribution in [3.8, 4) is 6.07 Å². The highest BCUT2D eigenvalue weighted by atomic mass is 32.2. The SMILES string of the molecule is N#Cc1ncccc1S(=O)(=O)NCCSC(F)(F)F. The normalized spacial score (nSPS) is 12.1. The number of hydrogen-bond donors (Lipinski definition) is 1. The van der Waals surface area contributed by atoms with E-state index in [1.165, 1.54) is 12.3 Å². The largest absolute Gasteiger partial charge is 0.441 e. The second-order valence-electron chi connectivity index (χ2n) is 3.15. The summed E-state index contributed by atoms with van der Waals surface area (Å²) in [5.41, 5.74) is -4.71. The van der Waals surface area contributed by atoms with Crippen molar-refractivity contribution in [3.05, 3.63) is 24.0 Å². The molecule has 0 bridgehead atoms. The van der Waals surface area contributed by atoms with Gasteiger partial charge in [0, 0.05) is 18.5 Å². The molecule has 0 radical (unpaired) electrons. The van der Waals surface area contributed by atoms with Gasteiger partial charge in [-0.25, -0.2) is 18.1 Å². The van der Waals surface area contributed by atoms with Gasteiger partial charge in [-0.2, -0.15) is 18.4 Å². The summed E-state index contributed by atoms with van der Waals surface area (Å²) in [6.07, 6.45) is 1.25. The minimum atomic E-state index is -4.41. The van der Waals surface area contributed by atoms with E-state index in [0.717, 1.165) is 6.07 Å².